The highest BCUT2D eigenvalue weighted by molar-refractivity contribution is 7.86. The van der Waals surface area contributed by atoms with Gasteiger partial charge in [-0.2, -0.15) is 21.6 Å². The summed E-state index contributed by atoms with van der Waals surface area (Å²) >= 11 is 0. The van der Waals surface area contributed by atoms with Crippen molar-refractivity contribution in [3.8, 4) is 22.8 Å². The van der Waals surface area contributed by atoms with Crippen molar-refractivity contribution in [1.29, 1.82) is 0 Å². The third-order valence-corrected chi connectivity index (χ3v) is 6.71. The molecule has 0 radical (unpaired) electrons. The fourth-order valence-electron chi connectivity index (χ4n) is 3.71. The van der Waals surface area contributed by atoms with E-state index in [4.69, 9.17) is 18.2 Å². The normalized spacial score (nSPS) is 13.2. The van der Waals surface area contributed by atoms with Crippen molar-refractivity contribution in [2.75, 3.05) is 25.8 Å². The summed E-state index contributed by atoms with van der Waals surface area (Å²) in [7, 11) is -1.13. The minimum absolute atomic E-state index is 0.0520. The number of carbonyl (C=O) groups is 1. The maximum Gasteiger partial charge on any atom is 0.401 e. The van der Waals surface area contributed by atoms with Crippen LogP contribution >= 0.6 is 0 Å². The largest absolute Gasteiger partial charge is 0.493 e. The lowest BCUT2D eigenvalue weighted by Gasteiger charge is -2.24. The molecule has 3 aromatic heterocycles. The van der Waals surface area contributed by atoms with E-state index in [-0.39, 0.29) is 11.4 Å². The summed E-state index contributed by atoms with van der Waals surface area (Å²) in [6.07, 6.45) is -2.81. The molecule has 11 nitrogen and oxygen atoms in total. The molecule has 1 atom stereocenters. The van der Waals surface area contributed by atoms with Gasteiger partial charge in [-0.05, 0) is 32.0 Å². The predicted octanol–water partition coefficient (Wildman–Crippen LogP) is 4.80. The molecule has 1 aromatic carbocycles. The molecule has 3 heterocycles. The van der Waals surface area contributed by atoms with Crippen LogP contribution in [-0.4, -0.2) is 56.1 Å². The highest BCUT2D eigenvalue weighted by Crippen LogP contribution is 2.41. The Morgan fingerprint density at radius 1 is 1.00 bits per heavy atom. The molecule has 0 spiro atoms. The van der Waals surface area contributed by atoms with Gasteiger partial charge in [0.1, 0.15) is 5.41 Å². The average Bonchev–Trinajstić information content (AvgIpc) is 3.38. The van der Waals surface area contributed by atoms with E-state index in [0.717, 1.165) is 31.6 Å². The van der Waals surface area contributed by atoms with E-state index in [2.05, 4.69) is 20.4 Å². The molecule has 0 saturated heterocycles. The molecule has 1 unspecified atom stereocenters. The number of methoxy groups -OCH3 is 2. The molecule has 0 bridgehead atoms. The number of pyridine rings is 2. The van der Waals surface area contributed by atoms with Crippen molar-refractivity contribution >= 4 is 32.7 Å². The summed E-state index contributed by atoms with van der Waals surface area (Å²) in [6.45, 7) is 1.78. The minimum atomic E-state index is -4.65. The number of hydrogen-bond donors (Lipinski definition) is 1. The molecule has 0 aliphatic heterocycles. The van der Waals surface area contributed by atoms with E-state index in [1.165, 1.54) is 32.5 Å². The average molecular weight is 595 g/mol. The number of alkyl halides is 3. The van der Waals surface area contributed by atoms with E-state index in [1.807, 2.05) is 6.07 Å². The van der Waals surface area contributed by atoms with Crippen LogP contribution in [0.25, 0.3) is 22.2 Å². The molecule has 0 fully saturated rings. The molecule has 1 amide bonds. The minimum Gasteiger partial charge on any atom is -0.493 e. The molecule has 0 saturated carbocycles. The van der Waals surface area contributed by atoms with Crippen LogP contribution in [0.15, 0.2) is 53.3 Å². The lowest BCUT2D eigenvalue weighted by atomic mass is 9.89. The predicted molar refractivity (Wildman–Crippen MR) is 141 cm³/mol. The number of amides is 1. The lowest BCUT2D eigenvalue weighted by Crippen LogP contribution is -2.35. The van der Waals surface area contributed by atoms with Gasteiger partial charge in [0.05, 0.1) is 31.7 Å². The Labute approximate surface area is 232 Å². The zero-order chi connectivity index (χ0) is 30.2. The first-order chi connectivity index (χ1) is 19.1. The Balaban J connectivity index is 1.61. The van der Waals surface area contributed by atoms with Gasteiger partial charge in [0.2, 0.25) is 0 Å². The van der Waals surface area contributed by atoms with Crippen LogP contribution in [0.5, 0.6) is 11.5 Å². The van der Waals surface area contributed by atoms with Crippen LogP contribution < -0.4 is 14.8 Å². The van der Waals surface area contributed by atoms with Crippen molar-refractivity contribution in [2.45, 2.75) is 31.5 Å². The van der Waals surface area contributed by atoms with Crippen molar-refractivity contribution in [3.05, 3.63) is 60.1 Å². The number of ether oxygens (including phenoxy) is 2. The zero-order valence-corrected chi connectivity index (χ0v) is 23.3. The standard InChI is InChI=1S/C26H25F3N4O7S/c1-25(2,26(27,28)29)21-11-22(33-39-21)32-24(34)23(40-41(5,35)36)14-6-7-17(30-12-14)16-8-15-9-19(37-3)20(38-4)10-18(15)31-13-16/h6-13,23H,1-5H3,(H,32,33,34). The maximum absolute atomic E-state index is 13.3. The Morgan fingerprint density at radius 2 is 1.68 bits per heavy atom. The molecule has 4 rings (SSSR count). The number of hydrogen-bond acceptors (Lipinski definition) is 10. The molecule has 0 aliphatic rings. The molecule has 0 aliphatic carbocycles. The summed E-state index contributed by atoms with van der Waals surface area (Å²) in [6, 6.07) is 9.16. The zero-order valence-electron chi connectivity index (χ0n) is 22.4. The Hall–Kier alpha value is -4.24. The van der Waals surface area contributed by atoms with Gasteiger partial charge >= 0.3 is 6.18 Å². The second kappa shape index (κ2) is 11.0. The van der Waals surface area contributed by atoms with Crippen LogP contribution in [-0.2, 0) is 24.5 Å². The number of nitrogens with one attached hydrogen (secondary N) is 1. The van der Waals surface area contributed by atoms with E-state index in [1.54, 1.807) is 18.3 Å². The second-order valence-electron chi connectivity index (χ2n) is 9.47. The van der Waals surface area contributed by atoms with Gasteiger partial charge in [-0.3, -0.25) is 18.9 Å². The third-order valence-electron chi connectivity index (χ3n) is 6.17. The molecule has 15 heteroatoms. The summed E-state index contributed by atoms with van der Waals surface area (Å²) in [5.74, 6) is -0.905. The highest BCUT2D eigenvalue weighted by atomic mass is 32.2. The first-order valence-electron chi connectivity index (χ1n) is 11.8. The van der Waals surface area contributed by atoms with Gasteiger partial charge in [0.25, 0.3) is 16.0 Å². The third kappa shape index (κ3) is 6.41. The number of carbonyl (C=O) groups excluding carboxylic acids is 1. The fourth-order valence-corrected chi connectivity index (χ4v) is 4.26. The Bertz CT molecular complexity index is 1690. The van der Waals surface area contributed by atoms with Crippen molar-refractivity contribution in [2.24, 2.45) is 0 Å². The highest BCUT2D eigenvalue weighted by Gasteiger charge is 2.51. The van der Waals surface area contributed by atoms with Crippen molar-refractivity contribution in [1.82, 2.24) is 15.1 Å². The number of halogens is 3. The Kier molecular flexibility index (Phi) is 7.96. The first kappa shape index (κ1) is 29.7. The molecule has 218 valence electrons. The smallest absolute Gasteiger partial charge is 0.401 e. The van der Waals surface area contributed by atoms with Crippen molar-refractivity contribution < 1.29 is 44.6 Å². The molecular formula is C26H25F3N4O7S. The van der Waals surface area contributed by atoms with Crippen LogP contribution in [0.2, 0.25) is 0 Å². The van der Waals surface area contributed by atoms with Crippen LogP contribution in [0.1, 0.15) is 31.3 Å². The number of anilines is 1. The molecule has 41 heavy (non-hydrogen) atoms. The van der Waals surface area contributed by atoms with Gasteiger partial charge in [-0.1, -0.05) is 11.2 Å². The summed E-state index contributed by atoms with van der Waals surface area (Å²) in [4.78, 5) is 21.7. The van der Waals surface area contributed by atoms with Gasteiger partial charge in [0, 0.05) is 41.0 Å². The number of nitrogens with zero attached hydrogens (tertiary/aromatic N) is 3. The quantitative estimate of drug-likeness (QED) is 0.269. The Morgan fingerprint density at radius 3 is 2.27 bits per heavy atom. The van der Waals surface area contributed by atoms with Gasteiger partial charge < -0.3 is 19.3 Å². The number of fused-ring (bicyclic) bond motifs is 1. The first-order valence-corrected chi connectivity index (χ1v) is 13.7. The maximum atomic E-state index is 13.3. The summed E-state index contributed by atoms with van der Waals surface area (Å²) in [5.41, 5.74) is -0.622. The van der Waals surface area contributed by atoms with E-state index in [9.17, 15) is 26.4 Å². The van der Waals surface area contributed by atoms with Crippen LogP contribution in [0.3, 0.4) is 0 Å². The molecule has 4 aromatic rings. The number of benzene rings is 1. The van der Waals surface area contributed by atoms with Gasteiger partial charge in [-0.15, -0.1) is 0 Å². The fraction of sp³-hybridized carbons (Fsp3) is 0.308. The van der Waals surface area contributed by atoms with Crippen LogP contribution in [0.4, 0.5) is 19.0 Å². The van der Waals surface area contributed by atoms with Crippen molar-refractivity contribution in [3.63, 3.8) is 0 Å². The van der Waals surface area contributed by atoms with E-state index >= 15 is 0 Å². The molecular weight excluding hydrogens is 569 g/mol. The van der Waals surface area contributed by atoms with Gasteiger partial charge in [-0.25, -0.2) is 0 Å². The van der Waals surface area contributed by atoms with E-state index in [0.29, 0.717) is 28.3 Å². The topological polar surface area (TPSA) is 143 Å². The number of aromatic nitrogens is 3. The summed E-state index contributed by atoms with van der Waals surface area (Å²) < 4.78 is 84.3. The van der Waals surface area contributed by atoms with E-state index < -0.39 is 39.5 Å². The number of rotatable bonds is 9. The molecule has 1 N–H and O–H groups in total. The summed E-state index contributed by atoms with van der Waals surface area (Å²) in [5, 5.41) is 6.43. The lowest BCUT2D eigenvalue weighted by molar-refractivity contribution is -0.185. The van der Waals surface area contributed by atoms with Gasteiger partial charge in [0.15, 0.2) is 29.2 Å². The van der Waals surface area contributed by atoms with Crippen LogP contribution in [0, 0.1) is 0 Å². The SMILES string of the molecule is COc1cc2cc(-c3ccc(C(OS(C)(=O)=O)C(=O)Nc4cc(C(C)(C)C(F)(F)F)on4)cn3)cnc2cc1OC. The monoisotopic (exact) mass is 594 g/mol. The second-order valence-corrected chi connectivity index (χ2v) is 11.1.